The van der Waals surface area contributed by atoms with Crippen LogP contribution in [-0.2, 0) is 11.2 Å². The van der Waals surface area contributed by atoms with Crippen molar-refractivity contribution in [1.29, 1.82) is 0 Å². The van der Waals surface area contributed by atoms with Crippen molar-refractivity contribution >= 4 is 5.97 Å². The Morgan fingerprint density at radius 3 is 2.15 bits per heavy atom. The van der Waals surface area contributed by atoms with Crippen molar-refractivity contribution in [2.24, 2.45) is 11.8 Å². The number of unbranched alkanes of at least 4 members (excludes halogenated alkanes) is 6. The number of rotatable bonds is 12. The first-order valence-corrected chi connectivity index (χ1v) is 11.5. The molecule has 1 fully saturated rings. The number of hydrogen-bond donors (Lipinski definition) is 0. The molecule has 1 aliphatic rings. The van der Waals surface area contributed by atoms with Crippen LogP contribution in [0.1, 0.15) is 103 Å². The normalized spacial score (nSPS) is 19.8. The maximum absolute atomic E-state index is 12.5. The number of esters is 1. The summed E-state index contributed by atoms with van der Waals surface area (Å²) in [6.07, 6.45) is 17.4. The molecule has 2 nitrogen and oxygen atoms in total. The third-order valence-electron chi connectivity index (χ3n) is 6.11. The van der Waals surface area contributed by atoms with E-state index in [9.17, 15) is 4.79 Å². The van der Waals surface area contributed by atoms with Gasteiger partial charge in [-0.3, -0.25) is 4.79 Å². The number of aryl methyl sites for hydroxylation is 1. The summed E-state index contributed by atoms with van der Waals surface area (Å²) >= 11 is 0. The third kappa shape index (κ3) is 8.49. The molecule has 2 rings (SSSR count). The van der Waals surface area contributed by atoms with Crippen molar-refractivity contribution in [1.82, 2.24) is 0 Å². The first-order chi connectivity index (χ1) is 13.2. The molecule has 1 aliphatic carbocycles. The topological polar surface area (TPSA) is 26.3 Å². The molecule has 0 spiro atoms. The van der Waals surface area contributed by atoms with Crippen LogP contribution in [0.5, 0.6) is 5.75 Å². The monoisotopic (exact) mass is 372 g/mol. The van der Waals surface area contributed by atoms with Gasteiger partial charge in [0.2, 0.25) is 0 Å². The molecule has 27 heavy (non-hydrogen) atoms. The first-order valence-electron chi connectivity index (χ1n) is 11.5. The Hall–Kier alpha value is -1.31. The van der Waals surface area contributed by atoms with E-state index in [-0.39, 0.29) is 11.9 Å². The summed E-state index contributed by atoms with van der Waals surface area (Å²) in [5.41, 5.74) is 1.35. The average molecular weight is 373 g/mol. The molecule has 0 saturated heterocycles. The van der Waals surface area contributed by atoms with E-state index in [1.807, 2.05) is 12.1 Å². The van der Waals surface area contributed by atoms with Gasteiger partial charge in [-0.2, -0.15) is 0 Å². The highest BCUT2D eigenvalue weighted by molar-refractivity contribution is 5.75. The van der Waals surface area contributed by atoms with Crippen molar-refractivity contribution in [3.63, 3.8) is 0 Å². The Balaban J connectivity index is 1.67. The molecule has 0 heterocycles. The van der Waals surface area contributed by atoms with E-state index in [4.69, 9.17) is 4.74 Å². The van der Waals surface area contributed by atoms with Gasteiger partial charge in [0.05, 0.1) is 5.92 Å². The summed E-state index contributed by atoms with van der Waals surface area (Å²) in [6, 6.07) is 8.17. The second kappa shape index (κ2) is 13.0. The van der Waals surface area contributed by atoms with E-state index in [0.717, 1.165) is 25.2 Å². The first kappa shape index (κ1) is 22.0. The predicted octanol–water partition coefficient (Wildman–Crippen LogP) is 7.49. The molecule has 0 amide bonds. The molecular formula is C25H40O2. The number of carbonyl (C=O) groups excluding carboxylic acids is 1. The summed E-state index contributed by atoms with van der Waals surface area (Å²) < 4.78 is 5.66. The van der Waals surface area contributed by atoms with Gasteiger partial charge < -0.3 is 4.74 Å². The molecule has 0 unspecified atom stereocenters. The van der Waals surface area contributed by atoms with Crippen LogP contribution in [0, 0.1) is 11.8 Å². The van der Waals surface area contributed by atoms with E-state index in [1.165, 1.54) is 76.2 Å². The van der Waals surface area contributed by atoms with E-state index < -0.39 is 0 Å². The minimum atomic E-state index is -0.0191. The second-order valence-corrected chi connectivity index (χ2v) is 8.44. The number of carbonyl (C=O) groups is 1. The van der Waals surface area contributed by atoms with Gasteiger partial charge in [0.1, 0.15) is 5.75 Å². The molecule has 0 aromatic heterocycles. The predicted molar refractivity (Wildman–Crippen MR) is 114 cm³/mol. The van der Waals surface area contributed by atoms with Crippen molar-refractivity contribution in [2.75, 3.05) is 0 Å². The summed E-state index contributed by atoms with van der Waals surface area (Å²) in [4.78, 5) is 12.5. The molecule has 1 saturated carbocycles. The SMILES string of the molecule is CCCCCCCc1ccc(OC(=O)C2CCC(CCCCC)CC2)cc1. The van der Waals surface area contributed by atoms with Crippen LogP contribution in [-0.4, -0.2) is 5.97 Å². The molecule has 0 bridgehead atoms. The fourth-order valence-corrected chi connectivity index (χ4v) is 4.23. The summed E-state index contributed by atoms with van der Waals surface area (Å²) in [5, 5.41) is 0. The van der Waals surface area contributed by atoms with Gasteiger partial charge >= 0.3 is 5.97 Å². The number of ether oxygens (including phenoxy) is 1. The third-order valence-corrected chi connectivity index (χ3v) is 6.11. The van der Waals surface area contributed by atoms with Crippen LogP contribution in [0.4, 0.5) is 0 Å². The Morgan fingerprint density at radius 1 is 0.852 bits per heavy atom. The summed E-state index contributed by atoms with van der Waals surface area (Å²) in [7, 11) is 0. The molecule has 152 valence electrons. The lowest BCUT2D eigenvalue weighted by Crippen LogP contribution is -2.25. The van der Waals surface area contributed by atoms with E-state index in [1.54, 1.807) is 0 Å². The van der Waals surface area contributed by atoms with Crippen LogP contribution in [0.25, 0.3) is 0 Å². The van der Waals surface area contributed by atoms with E-state index >= 15 is 0 Å². The fourth-order valence-electron chi connectivity index (χ4n) is 4.23. The molecule has 1 aromatic carbocycles. The molecule has 0 atom stereocenters. The molecule has 1 aromatic rings. The minimum absolute atomic E-state index is 0.0191. The highest BCUT2D eigenvalue weighted by Crippen LogP contribution is 2.33. The van der Waals surface area contributed by atoms with Crippen molar-refractivity contribution in [2.45, 2.75) is 104 Å². The smallest absolute Gasteiger partial charge is 0.314 e. The lowest BCUT2D eigenvalue weighted by Gasteiger charge is -2.27. The lowest BCUT2D eigenvalue weighted by molar-refractivity contribution is -0.140. The maximum Gasteiger partial charge on any atom is 0.314 e. The molecule has 0 aliphatic heterocycles. The Kier molecular flexibility index (Phi) is 10.6. The van der Waals surface area contributed by atoms with Crippen LogP contribution in [0.15, 0.2) is 24.3 Å². The summed E-state index contributed by atoms with van der Waals surface area (Å²) in [6.45, 7) is 4.51. The van der Waals surface area contributed by atoms with Gasteiger partial charge in [0, 0.05) is 0 Å². The Labute approximate surface area is 167 Å². The molecular weight excluding hydrogens is 332 g/mol. The summed E-state index contributed by atoms with van der Waals surface area (Å²) in [5.74, 6) is 1.62. The lowest BCUT2D eigenvalue weighted by atomic mass is 9.80. The van der Waals surface area contributed by atoms with Crippen LogP contribution in [0.3, 0.4) is 0 Å². The number of hydrogen-bond acceptors (Lipinski definition) is 2. The largest absolute Gasteiger partial charge is 0.426 e. The van der Waals surface area contributed by atoms with Crippen LogP contribution < -0.4 is 4.74 Å². The van der Waals surface area contributed by atoms with Gasteiger partial charge in [-0.05, 0) is 62.1 Å². The quantitative estimate of drug-likeness (QED) is 0.216. The number of benzene rings is 1. The highest BCUT2D eigenvalue weighted by atomic mass is 16.5. The zero-order valence-corrected chi connectivity index (χ0v) is 17.7. The Morgan fingerprint density at radius 2 is 1.48 bits per heavy atom. The van der Waals surface area contributed by atoms with Gasteiger partial charge in [0.25, 0.3) is 0 Å². The molecule has 2 heteroatoms. The van der Waals surface area contributed by atoms with Crippen LogP contribution in [0.2, 0.25) is 0 Å². The molecule has 0 N–H and O–H groups in total. The van der Waals surface area contributed by atoms with E-state index in [2.05, 4.69) is 26.0 Å². The highest BCUT2D eigenvalue weighted by Gasteiger charge is 2.27. The maximum atomic E-state index is 12.5. The molecule has 0 radical (unpaired) electrons. The minimum Gasteiger partial charge on any atom is -0.426 e. The average Bonchev–Trinajstić information content (AvgIpc) is 2.70. The van der Waals surface area contributed by atoms with Gasteiger partial charge in [-0.15, -0.1) is 0 Å². The second-order valence-electron chi connectivity index (χ2n) is 8.44. The van der Waals surface area contributed by atoms with Gasteiger partial charge in [0.15, 0.2) is 0 Å². The zero-order chi connectivity index (χ0) is 19.3. The van der Waals surface area contributed by atoms with Crippen LogP contribution >= 0.6 is 0 Å². The van der Waals surface area contributed by atoms with Gasteiger partial charge in [-0.25, -0.2) is 0 Å². The Bertz CT molecular complexity index is 512. The standard InChI is InChI=1S/C25H40O2/c1-3-5-7-8-10-12-22-15-19-24(20-16-22)27-25(26)23-17-13-21(14-18-23)11-9-6-4-2/h15-16,19-21,23H,3-14,17-18H2,1-2H3. The van der Waals surface area contributed by atoms with E-state index in [0.29, 0.717) is 5.75 Å². The van der Waals surface area contributed by atoms with Crippen molar-refractivity contribution < 1.29 is 9.53 Å². The van der Waals surface area contributed by atoms with Gasteiger partial charge in [-0.1, -0.05) is 77.3 Å². The fraction of sp³-hybridized carbons (Fsp3) is 0.720. The van der Waals surface area contributed by atoms with Crippen molar-refractivity contribution in [3.05, 3.63) is 29.8 Å². The zero-order valence-electron chi connectivity index (χ0n) is 17.7. The van der Waals surface area contributed by atoms with Crippen molar-refractivity contribution in [3.8, 4) is 5.75 Å².